The molecule has 0 radical (unpaired) electrons. The summed E-state index contributed by atoms with van der Waals surface area (Å²) in [5.41, 5.74) is 0.374. The van der Waals surface area contributed by atoms with Crippen molar-refractivity contribution in [2.75, 3.05) is 0 Å². The fourth-order valence-corrected chi connectivity index (χ4v) is 5.30. The molecule has 1 aromatic carbocycles. The van der Waals surface area contributed by atoms with Crippen LogP contribution >= 0.6 is 0 Å². The third-order valence-corrected chi connectivity index (χ3v) is 6.94. The van der Waals surface area contributed by atoms with Gasteiger partial charge in [0.2, 0.25) is 15.9 Å². The molecular formula is C21H27F3N4O3S. The van der Waals surface area contributed by atoms with E-state index >= 15 is 0 Å². The van der Waals surface area contributed by atoms with Crippen LogP contribution in [0.15, 0.2) is 35.4 Å². The quantitative estimate of drug-likeness (QED) is 0.697. The van der Waals surface area contributed by atoms with E-state index in [0.717, 1.165) is 36.2 Å². The molecule has 11 heteroatoms. The number of nitrogens with one attached hydrogen (secondary N) is 2. The van der Waals surface area contributed by atoms with Gasteiger partial charge in [-0.15, -0.1) is 0 Å². The van der Waals surface area contributed by atoms with Gasteiger partial charge in [-0.2, -0.15) is 23.0 Å². The minimum absolute atomic E-state index is 0.228. The fourth-order valence-electron chi connectivity index (χ4n) is 3.87. The third kappa shape index (κ3) is 4.98. The first-order valence-corrected chi connectivity index (χ1v) is 11.8. The molecule has 2 atom stereocenters. The van der Waals surface area contributed by atoms with Crippen molar-refractivity contribution in [1.82, 2.24) is 19.8 Å². The van der Waals surface area contributed by atoms with Crippen molar-refractivity contribution in [3.8, 4) is 0 Å². The molecule has 3 rings (SSSR count). The first-order chi connectivity index (χ1) is 14.7. The number of halogens is 3. The molecule has 0 saturated heterocycles. The van der Waals surface area contributed by atoms with Gasteiger partial charge in [-0.25, -0.2) is 8.42 Å². The number of carbonyl (C=O) groups excluding carboxylic acids is 1. The second-order valence-electron chi connectivity index (χ2n) is 8.92. The molecular weight excluding hydrogens is 445 g/mol. The van der Waals surface area contributed by atoms with Gasteiger partial charge in [-0.1, -0.05) is 12.1 Å². The molecule has 0 bridgehead atoms. The lowest BCUT2D eigenvalue weighted by Gasteiger charge is -2.29. The maximum Gasteiger partial charge on any atom is 0.417 e. The summed E-state index contributed by atoms with van der Waals surface area (Å²) in [6.07, 6.45) is -0.846. The number of hydrogen-bond donors (Lipinski definition) is 2. The predicted octanol–water partition coefficient (Wildman–Crippen LogP) is 3.52. The van der Waals surface area contributed by atoms with E-state index in [1.807, 2.05) is 25.5 Å². The average Bonchev–Trinajstić information content (AvgIpc) is 3.12. The summed E-state index contributed by atoms with van der Waals surface area (Å²) in [4.78, 5) is 11.8. The summed E-state index contributed by atoms with van der Waals surface area (Å²) in [6, 6.07) is 2.24. The monoisotopic (exact) mass is 472 g/mol. The largest absolute Gasteiger partial charge is 0.417 e. The maximum atomic E-state index is 13.2. The lowest BCUT2D eigenvalue weighted by atomic mass is 9.92. The van der Waals surface area contributed by atoms with Crippen LogP contribution in [0.3, 0.4) is 0 Å². The molecule has 0 fully saturated rings. The fraction of sp³-hybridized carbons (Fsp3) is 0.524. The van der Waals surface area contributed by atoms with E-state index < -0.39 is 38.6 Å². The topological polar surface area (TPSA) is 93.1 Å². The summed E-state index contributed by atoms with van der Waals surface area (Å²) in [5.74, 6) is -0.626. The van der Waals surface area contributed by atoms with Crippen molar-refractivity contribution >= 4 is 15.9 Å². The molecule has 1 aliphatic carbocycles. The summed E-state index contributed by atoms with van der Waals surface area (Å²) >= 11 is 0. The predicted molar refractivity (Wildman–Crippen MR) is 112 cm³/mol. The Kier molecular flexibility index (Phi) is 6.45. The highest BCUT2D eigenvalue weighted by Gasteiger charge is 2.38. The Morgan fingerprint density at radius 2 is 1.88 bits per heavy atom. The zero-order valence-electron chi connectivity index (χ0n) is 18.3. The van der Waals surface area contributed by atoms with E-state index in [4.69, 9.17) is 0 Å². The number of sulfonamides is 1. The Labute approximate surface area is 185 Å². The summed E-state index contributed by atoms with van der Waals surface area (Å²) in [6.45, 7) is 7.37. The highest BCUT2D eigenvalue weighted by Crippen LogP contribution is 2.34. The molecule has 0 saturated carbocycles. The zero-order chi connectivity index (χ0) is 23.9. The number of aromatic nitrogens is 2. The molecule has 1 aromatic heterocycles. The van der Waals surface area contributed by atoms with Crippen LogP contribution in [-0.2, 0) is 33.0 Å². The van der Waals surface area contributed by atoms with Crippen LogP contribution in [0.5, 0.6) is 0 Å². The lowest BCUT2D eigenvalue weighted by Crippen LogP contribution is -2.46. The second-order valence-corrected chi connectivity index (χ2v) is 10.6. The van der Waals surface area contributed by atoms with Crippen LogP contribution in [0.4, 0.5) is 13.2 Å². The van der Waals surface area contributed by atoms with Gasteiger partial charge in [0.1, 0.15) is 0 Å². The van der Waals surface area contributed by atoms with Crippen molar-refractivity contribution in [2.24, 2.45) is 0 Å². The van der Waals surface area contributed by atoms with Gasteiger partial charge in [-0.3, -0.25) is 9.48 Å². The third-order valence-electron chi connectivity index (χ3n) is 5.34. The molecule has 0 unspecified atom stereocenters. The molecule has 2 N–H and O–H groups in total. The summed E-state index contributed by atoms with van der Waals surface area (Å²) in [7, 11) is -4.58. The van der Waals surface area contributed by atoms with Crippen LogP contribution in [0.25, 0.3) is 0 Å². The van der Waals surface area contributed by atoms with Crippen molar-refractivity contribution in [1.29, 1.82) is 0 Å². The van der Waals surface area contributed by atoms with Crippen LogP contribution in [0.2, 0.25) is 0 Å². The van der Waals surface area contributed by atoms with E-state index in [9.17, 15) is 26.4 Å². The van der Waals surface area contributed by atoms with Crippen molar-refractivity contribution < 1.29 is 26.4 Å². The van der Waals surface area contributed by atoms with Crippen molar-refractivity contribution in [3.05, 3.63) is 47.3 Å². The number of carbonyl (C=O) groups is 1. The van der Waals surface area contributed by atoms with Crippen molar-refractivity contribution in [2.45, 2.75) is 75.7 Å². The number of benzene rings is 1. The number of alkyl halides is 3. The average molecular weight is 473 g/mol. The molecule has 0 spiro atoms. The van der Waals surface area contributed by atoms with Gasteiger partial charge in [0.05, 0.1) is 34.3 Å². The lowest BCUT2D eigenvalue weighted by molar-refractivity contribution is -0.139. The van der Waals surface area contributed by atoms with Gasteiger partial charge < -0.3 is 5.32 Å². The Balaban J connectivity index is 1.77. The van der Waals surface area contributed by atoms with Crippen LogP contribution in [0.1, 0.15) is 63.4 Å². The SMILES string of the molecule is C[C@H](NS(=O)(=O)c1ccccc1C(F)(F)F)C(=O)N[C@@H]1CCCc2c1cnn2C(C)(C)C. The smallest absolute Gasteiger partial charge is 0.348 e. The highest BCUT2D eigenvalue weighted by atomic mass is 32.2. The number of fused-ring (bicyclic) bond motifs is 1. The van der Waals surface area contributed by atoms with E-state index in [-0.39, 0.29) is 11.6 Å². The molecule has 32 heavy (non-hydrogen) atoms. The summed E-state index contributed by atoms with van der Waals surface area (Å²) < 4.78 is 68.9. The zero-order valence-corrected chi connectivity index (χ0v) is 19.1. The number of amides is 1. The first kappa shape index (κ1) is 24.2. The van der Waals surface area contributed by atoms with Crippen LogP contribution < -0.4 is 10.0 Å². The van der Waals surface area contributed by atoms with Gasteiger partial charge in [0.15, 0.2) is 0 Å². The Bertz CT molecular complexity index is 1100. The van der Waals surface area contributed by atoms with Crippen LogP contribution in [0, 0.1) is 0 Å². The van der Waals surface area contributed by atoms with E-state index in [1.165, 1.54) is 13.0 Å². The number of rotatable bonds is 5. The number of nitrogens with zero attached hydrogens (tertiary/aromatic N) is 2. The Hall–Kier alpha value is -2.40. The van der Waals surface area contributed by atoms with Gasteiger partial charge in [-0.05, 0) is 59.1 Å². The van der Waals surface area contributed by atoms with Crippen LogP contribution in [-0.4, -0.2) is 30.1 Å². The van der Waals surface area contributed by atoms with E-state index in [1.54, 1.807) is 6.20 Å². The Morgan fingerprint density at radius 3 is 2.50 bits per heavy atom. The van der Waals surface area contributed by atoms with Gasteiger partial charge in [0.25, 0.3) is 0 Å². The molecule has 1 amide bonds. The van der Waals surface area contributed by atoms with Gasteiger partial charge >= 0.3 is 6.18 Å². The van der Waals surface area contributed by atoms with E-state index in [2.05, 4.69) is 15.1 Å². The van der Waals surface area contributed by atoms with Gasteiger partial charge in [0, 0.05) is 11.3 Å². The Morgan fingerprint density at radius 1 is 1.22 bits per heavy atom. The molecule has 1 heterocycles. The minimum Gasteiger partial charge on any atom is -0.348 e. The normalized spacial score (nSPS) is 18.2. The first-order valence-electron chi connectivity index (χ1n) is 10.3. The summed E-state index contributed by atoms with van der Waals surface area (Å²) in [5, 5.41) is 7.27. The van der Waals surface area contributed by atoms with Crippen molar-refractivity contribution in [3.63, 3.8) is 0 Å². The highest BCUT2D eigenvalue weighted by molar-refractivity contribution is 7.89. The maximum absolute atomic E-state index is 13.2. The molecule has 0 aliphatic heterocycles. The second kappa shape index (κ2) is 8.51. The minimum atomic E-state index is -4.84. The molecule has 176 valence electrons. The van der Waals surface area contributed by atoms with E-state index in [0.29, 0.717) is 12.5 Å². The standard InChI is InChI=1S/C21H27F3N4O3S/c1-13(27-32(30,31)18-11-6-5-8-15(18)21(22,23)24)19(29)26-16-9-7-10-17-14(16)12-25-28(17)20(2,3)4/h5-6,8,11-13,16,27H,7,9-10H2,1-4H3,(H,26,29)/t13-,16+/m0/s1. The number of hydrogen-bond acceptors (Lipinski definition) is 4. The molecule has 7 nitrogen and oxygen atoms in total. The molecule has 1 aliphatic rings. The molecule has 2 aromatic rings.